The van der Waals surface area contributed by atoms with Crippen molar-refractivity contribution >= 4 is 0 Å². The summed E-state index contributed by atoms with van der Waals surface area (Å²) in [5.74, 6) is 0.568. The first kappa shape index (κ1) is 7.56. The van der Waals surface area contributed by atoms with E-state index in [9.17, 15) is 0 Å². The largest absolute Gasteiger partial charge is 0.396 e. The molecule has 3 unspecified atom stereocenters. The fraction of sp³-hybridized carbons (Fsp3) is 1.00. The Hall–Kier alpha value is -0.0800. The SMILES string of the molecule is CN1C2CCC(CO)C1CC2. The van der Waals surface area contributed by atoms with E-state index in [-0.39, 0.29) is 0 Å². The highest BCUT2D eigenvalue weighted by molar-refractivity contribution is 4.94. The van der Waals surface area contributed by atoms with Gasteiger partial charge in [0.25, 0.3) is 0 Å². The molecule has 3 atom stereocenters. The van der Waals surface area contributed by atoms with Crippen molar-refractivity contribution in [2.45, 2.75) is 37.8 Å². The van der Waals surface area contributed by atoms with Crippen molar-refractivity contribution in [2.75, 3.05) is 13.7 Å². The number of hydrogen-bond donors (Lipinski definition) is 1. The van der Waals surface area contributed by atoms with Crippen molar-refractivity contribution in [3.8, 4) is 0 Å². The summed E-state index contributed by atoms with van der Waals surface area (Å²) >= 11 is 0. The zero-order valence-corrected chi connectivity index (χ0v) is 7.16. The first-order valence-electron chi connectivity index (χ1n) is 4.65. The predicted molar refractivity (Wildman–Crippen MR) is 44.4 cm³/mol. The zero-order valence-electron chi connectivity index (χ0n) is 7.16. The van der Waals surface area contributed by atoms with E-state index in [1.54, 1.807) is 0 Å². The molecular weight excluding hydrogens is 138 g/mol. The van der Waals surface area contributed by atoms with Crippen molar-refractivity contribution in [1.29, 1.82) is 0 Å². The third kappa shape index (κ3) is 1.09. The minimum atomic E-state index is 0.391. The van der Waals surface area contributed by atoms with E-state index in [0.29, 0.717) is 18.6 Å². The minimum Gasteiger partial charge on any atom is -0.396 e. The molecule has 2 heterocycles. The lowest BCUT2D eigenvalue weighted by molar-refractivity contribution is 0.0775. The molecule has 0 spiro atoms. The lowest BCUT2D eigenvalue weighted by Gasteiger charge is -2.36. The summed E-state index contributed by atoms with van der Waals surface area (Å²) in [4.78, 5) is 2.48. The van der Waals surface area contributed by atoms with Crippen LogP contribution in [0.15, 0.2) is 0 Å². The molecule has 0 aromatic carbocycles. The highest BCUT2D eigenvalue weighted by Gasteiger charge is 2.39. The summed E-state index contributed by atoms with van der Waals surface area (Å²) in [5.41, 5.74) is 0. The summed E-state index contributed by atoms with van der Waals surface area (Å²) in [6, 6.07) is 1.53. The predicted octanol–water partition coefficient (Wildman–Crippen LogP) is 0.851. The summed E-state index contributed by atoms with van der Waals surface area (Å²) in [5, 5.41) is 9.10. The van der Waals surface area contributed by atoms with Crippen molar-refractivity contribution in [1.82, 2.24) is 4.90 Å². The topological polar surface area (TPSA) is 23.5 Å². The number of aliphatic hydroxyl groups excluding tert-OH is 1. The molecule has 2 fully saturated rings. The monoisotopic (exact) mass is 155 g/mol. The molecule has 0 amide bonds. The van der Waals surface area contributed by atoms with Crippen LogP contribution in [0.3, 0.4) is 0 Å². The van der Waals surface area contributed by atoms with Gasteiger partial charge in [0.2, 0.25) is 0 Å². The number of nitrogens with zero attached hydrogens (tertiary/aromatic N) is 1. The first-order valence-corrected chi connectivity index (χ1v) is 4.65. The van der Waals surface area contributed by atoms with Gasteiger partial charge in [-0.1, -0.05) is 0 Å². The van der Waals surface area contributed by atoms with Crippen LogP contribution >= 0.6 is 0 Å². The van der Waals surface area contributed by atoms with E-state index in [0.717, 1.165) is 6.04 Å². The van der Waals surface area contributed by atoms with Crippen LogP contribution < -0.4 is 0 Å². The van der Waals surface area contributed by atoms with E-state index in [1.165, 1.54) is 25.7 Å². The molecule has 0 saturated carbocycles. The van der Waals surface area contributed by atoms with Crippen LogP contribution in [0, 0.1) is 5.92 Å². The van der Waals surface area contributed by atoms with Crippen molar-refractivity contribution in [2.24, 2.45) is 5.92 Å². The average molecular weight is 155 g/mol. The standard InChI is InChI=1S/C9H17NO/c1-10-8-3-2-7(6-11)9(10)5-4-8/h7-9,11H,2-6H2,1H3. The molecule has 0 radical (unpaired) electrons. The highest BCUT2D eigenvalue weighted by atomic mass is 16.3. The fourth-order valence-electron chi connectivity index (χ4n) is 2.77. The third-order valence-corrected chi connectivity index (χ3v) is 3.54. The van der Waals surface area contributed by atoms with Gasteiger partial charge in [0.1, 0.15) is 0 Å². The maximum absolute atomic E-state index is 9.10. The van der Waals surface area contributed by atoms with Crippen LogP contribution in [-0.2, 0) is 0 Å². The number of piperidine rings is 1. The van der Waals surface area contributed by atoms with Crippen LogP contribution in [0.4, 0.5) is 0 Å². The number of fused-ring (bicyclic) bond motifs is 2. The van der Waals surface area contributed by atoms with E-state index < -0.39 is 0 Å². The van der Waals surface area contributed by atoms with Crippen LogP contribution in [0.1, 0.15) is 25.7 Å². The summed E-state index contributed by atoms with van der Waals surface area (Å²) in [6.07, 6.45) is 5.22. The van der Waals surface area contributed by atoms with Crippen LogP contribution in [0.2, 0.25) is 0 Å². The Morgan fingerprint density at radius 3 is 2.73 bits per heavy atom. The van der Waals surface area contributed by atoms with Gasteiger partial charge in [-0.15, -0.1) is 0 Å². The molecule has 2 rings (SSSR count). The van der Waals surface area contributed by atoms with E-state index in [1.807, 2.05) is 0 Å². The Kier molecular flexibility index (Phi) is 1.90. The van der Waals surface area contributed by atoms with E-state index >= 15 is 0 Å². The second-order valence-corrected chi connectivity index (χ2v) is 3.98. The molecule has 1 N–H and O–H groups in total. The lowest BCUT2D eigenvalue weighted by Crippen LogP contribution is -2.43. The molecule has 2 aliphatic heterocycles. The van der Waals surface area contributed by atoms with Crippen LogP contribution in [0.25, 0.3) is 0 Å². The van der Waals surface area contributed by atoms with E-state index in [4.69, 9.17) is 5.11 Å². The van der Waals surface area contributed by atoms with Gasteiger partial charge < -0.3 is 10.0 Å². The van der Waals surface area contributed by atoms with Crippen LogP contribution in [0.5, 0.6) is 0 Å². The van der Waals surface area contributed by atoms with Crippen molar-refractivity contribution < 1.29 is 5.11 Å². The molecule has 2 heteroatoms. The molecule has 2 nitrogen and oxygen atoms in total. The molecular formula is C9H17NO. The second kappa shape index (κ2) is 2.76. The summed E-state index contributed by atoms with van der Waals surface area (Å²) in [7, 11) is 2.21. The average Bonchev–Trinajstić information content (AvgIpc) is 2.31. The zero-order chi connectivity index (χ0) is 7.84. The van der Waals surface area contributed by atoms with Crippen molar-refractivity contribution in [3.05, 3.63) is 0 Å². The fourth-order valence-corrected chi connectivity index (χ4v) is 2.77. The molecule has 2 bridgehead atoms. The smallest absolute Gasteiger partial charge is 0.0474 e. The normalized spacial score (nSPS) is 44.7. The van der Waals surface area contributed by atoms with Gasteiger partial charge in [-0.2, -0.15) is 0 Å². The summed E-state index contributed by atoms with van der Waals surface area (Å²) in [6.45, 7) is 0.391. The Balaban J connectivity index is 2.08. The Morgan fingerprint density at radius 1 is 1.27 bits per heavy atom. The third-order valence-electron chi connectivity index (χ3n) is 3.54. The first-order chi connectivity index (χ1) is 5.33. The molecule has 64 valence electrons. The molecule has 0 aromatic heterocycles. The molecule has 0 aliphatic carbocycles. The van der Waals surface area contributed by atoms with Gasteiger partial charge in [0.05, 0.1) is 0 Å². The van der Waals surface area contributed by atoms with Gasteiger partial charge >= 0.3 is 0 Å². The number of aliphatic hydroxyl groups is 1. The Labute approximate surface area is 68.2 Å². The van der Waals surface area contributed by atoms with Gasteiger partial charge in [-0.3, -0.25) is 0 Å². The quantitative estimate of drug-likeness (QED) is 0.607. The minimum absolute atomic E-state index is 0.391. The molecule has 2 saturated heterocycles. The van der Waals surface area contributed by atoms with E-state index in [2.05, 4.69) is 11.9 Å². The van der Waals surface area contributed by atoms with Gasteiger partial charge in [-0.05, 0) is 38.6 Å². The molecule has 0 aromatic rings. The molecule has 2 aliphatic rings. The lowest BCUT2D eigenvalue weighted by atomic mass is 9.91. The van der Waals surface area contributed by atoms with Gasteiger partial charge in [-0.25, -0.2) is 0 Å². The maximum Gasteiger partial charge on any atom is 0.0474 e. The van der Waals surface area contributed by atoms with Crippen LogP contribution in [-0.4, -0.2) is 35.7 Å². The second-order valence-electron chi connectivity index (χ2n) is 3.98. The van der Waals surface area contributed by atoms with Gasteiger partial charge in [0.15, 0.2) is 0 Å². The highest BCUT2D eigenvalue weighted by Crippen LogP contribution is 2.37. The maximum atomic E-state index is 9.10. The van der Waals surface area contributed by atoms with Crippen molar-refractivity contribution in [3.63, 3.8) is 0 Å². The number of rotatable bonds is 1. The Morgan fingerprint density at radius 2 is 2.00 bits per heavy atom. The van der Waals surface area contributed by atoms with Gasteiger partial charge in [0, 0.05) is 18.7 Å². The Bertz CT molecular complexity index is 148. The summed E-state index contributed by atoms with van der Waals surface area (Å²) < 4.78 is 0. The molecule has 11 heavy (non-hydrogen) atoms. The number of hydrogen-bond acceptors (Lipinski definition) is 2.